The number of hydrogen-bond donors (Lipinski definition) is 3. The number of carbonyl (C=O) groups excluding carboxylic acids is 1. The maximum atomic E-state index is 12.5. The van der Waals surface area contributed by atoms with E-state index in [9.17, 15) is 4.79 Å². The van der Waals surface area contributed by atoms with E-state index in [1.54, 1.807) is 6.07 Å². The van der Waals surface area contributed by atoms with Gasteiger partial charge in [-0.15, -0.1) is 0 Å². The second kappa shape index (κ2) is 11.7. The number of nitrogens with zero attached hydrogens (tertiary/aromatic N) is 4. The number of fused-ring (bicyclic) bond motifs is 3. The maximum Gasteiger partial charge on any atom is 0.231 e. The van der Waals surface area contributed by atoms with Gasteiger partial charge in [0.1, 0.15) is 23.0 Å². The summed E-state index contributed by atoms with van der Waals surface area (Å²) in [5, 5.41) is 0. The van der Waals surface area contributed by atoms with Crippen LogP contribution in [0.25, 0.3) is 45.1 Å². The van der Waals surface area contributed by atoms with Crippen molar-refractivity contribution in [2.45, 2.75) is 12.8 Å². The van der Waals surface area contributed by atoms with Gasteiger partial charge in [-0.05, 0) is 66.2 Å². The lowest BCUT2D eigenvalue weighted by atomic mass is 10.0. The van der Waals surface area contributed by atoms with Crippen LogP contribution in [-0.2, 0) is 17.6 Å². The fourth-order valence-corrected chi connectivity index (χ4v) is 4.98. The predicted octanol–water partition coefficient (Wildman–Crippen LogP) is 5.92. The molecule has 0 amide bonds. The molecule has 0 saturated heterocycles. The van der Waals surface area contributed by atoms with E-state index in [0.717, 1.165) is 56.3 Å². The summed E-state index contributed by atoms with van der Waals surface area (Å²) in [5.74, 6) is 3.44. The van der Waals surface area contributed by atoms with Crippen LogP contribution in [0.2, 0.25) is 0 Å². The first-order valence-corrected chi connectivity index (χ1v) is 14.1. The number of nitrogens with two attached hydrogens (primary N) is 1. The number of H-pyrrole nitrogens is 2. The van der Waals surface area contributed by atoms with E-state index in [4.69, 9.17) is 15.2 Å². The summed E-state index contributed by atoms with van der Waals surface area (Å²) in [6.07, 6.45) is 0.593. The number of ether oxygens (including phenoxy) is 2. The number of para-hydroxylation sites is 4. The van der Waals surface area contributed by atoms with Gasteiger partial charge in [-0.2, -0.15) is 0 Å². The largest absolute Gasteiger partial charge is 0.454 e. The molecule has 0 bridgehead atoms. The number of hydrogen-bond acceptors (Lipinski definition) is 8. The van der Waals surface area contributed by atoms with Crippen LogP contribution < -0.4 is 15.2 Å². The number of nitrogen functional groups attached to an aromatic ring is 1. The summed E-state index contributed by atoms with van der Waals surface area (Å²) >= 11 is 0. The maximum absolute atomic E-state index is 12.5. The Morgan fingerprint density at radius 1 is 0.659 bits per heavy atom. The minimum Gasteiger partial charge on any atom is -0.454 e. The molecule has 0 fully saturated rings. The number of rotatable bonds is 6. The van der Waals surface area contributed by atoms with Crippen LogP contribution in [0.1, 0.15) is 11.3 Å². The molecule has 4 aromatic heterocycles. The molecule has 44 heavy (non-hydrogen) atoms. The van der Waals surface area contributed by atoms with E-state index in [0.29, 0.717) is 23.8 Å². The van der Waals surface area contributed by atoms with Crippen LogP contribution in [0.15, 0.2) is 103 Å². The van der Waals surface area contributed by atoms with E-state index < -0.39 is 0 Å². The van der Waals surface area contributed by atoms with Crippen LogP contribution in [0.3, 0.4) is 0 Å². The van der Waals surface area contributed by atoms with Crippen molar-refractivity contribution >= 4 is 33.7 Å². The Labute approximate surface area is 252 Å². The van der Waals surface area contributed by atoms with E-state index in [1.165, 1.54) is 0 Å². The molecule has 0 radical (unpaired) electrons. The monoisotopic (exact) mass is 581 g/mol. The topological polar surface area (TPSA) is 145 Å². The predicted molar refractivity (Wildman–Crippen MR) is 168 cm³/mol. The first-order chi connectivity index (χ1) is 21.6. The standard InChI is InChI=1S/C22H17N3O3.C12H10N4/c26-16(10-14-8-9-20-21(11-14)28-13-27-20)12-15-4-3-7-19(23-15)22-24-17-5-1-2-6-18(17)25-22;13-11-7-3-6-10(14-11)12-15-8-4-1-2-5-9(8)16-12/h1-9,11H,10,12-13H2,(H,24,25);1-7H,(H2,13,14)(H,15,16). The fourth-order valence-electron chi connectivity index (χ4n) is 4.98. The molecule has 0 saturated carbocycles. The first kappa shape index (κ1) is 26.8. The molecule has 0 spiro atoms. The SMILES string of the molecule is Nc1cccc(-c2nc3ccccc3[nH]2)n1.O=C(Cc1ccc2c(c1)OCO2)Cc1cccc(-c2nc3ccccc3[nH]2)n1. The number of ketones is 1. The molecule has 10 nitrogen and oxygen atoms in total. The second-order valence-corrected chi connectivity index (χ2v) is 10.2. The quantitative estimate of drug-likeness (QED) is 0.220. The van der Waals surface area contributed by atoms with Crippen LogP contribution >= 0.6 is 0 Å². The van der Waals surface area contributed by atoms with Gasteiger partial charge in [0, 0.05) is 18.5 Å². The highest BCUT2D eigenvalue weighted by molar-refractivity contribution is 5.83. The molecular weight excluding hydrogens is 554 g/mol. The van der Waals surface area contributed by atoms with Crippen LogP contribution in [-0.4, -0.2) is 42.5 Å². The number of carbonyl (C=O) groups is 1. The number of imidazole rings is 2. The van der Waals surface area contributed by atoms with E-state index in [1.807, 2.05) is 97.1 Å². The molecule has 1 aliphatic rings. The van der Waals surface area contributed by atoms with Crippen molar-refractivity contribution in [3.05, 3.63) is 114 Å². The second-order valence-electron chi connectivity index (χ2n) is 10.2. The lowest BCUT2D eigenvalue weighted by Gasteiger charge is -2.04. The summed E-state index contributed by atoms with van der Waals surface area (Å²) in [6, 6.07) is 32.5. The molecule has 3 aromatic carbocycles. The molecule has 0 atom stereocenters. The van der Waals surface area contributed by atoms with Crippen molar-refractivity contribution in [2.75, 3.05) is 12.5 Å². The summed E-state index contributed by atoms with van der Waals surface area (Å²) < 4.78 is 10.7. The lowest BCUT2D eigenvalue weighted by Crippen LogP contribution is -2.08. The Bertz CT molecular complexity index is 2050. The summed E-state index contributed by atoms with van der Waals surface area (Å²) in [4.78, 5) is 36.9. The fraction of sp³-hybridized carbons (Fsp3) is 0.0882. The molecule has 0 aliphatic carbocycles. The van der Waals surface area contributed by atoms with Crippen LogP contribution in [0.4, 0.5) is 5.82 Å². The highest BCUT2D eigenvalue weighted by Crippen LogP contribution is 2.32. The number of nitrogens with one attached hydrogen (secondary N) is 2. The van der Waals surface area contributed by atoms with Gasteiger partial charge < -0.3 is 25.2 Å². The average Bonchev–Trinajstić information content (AvgIpc) is 3.79. The molecule has 0 unspecified atom stereocenters. The third-order valence-electron chi connectivity index (χ3n) is 7.06. The highest BCUT2D eigenvalue weighted by Gasteiger charge is 2.15. The summed E-state index contributed by atoms with van der Waals surface area (Å²) in [7, 11) is 0. The molecule has 216 valence electrons. The van der Waals surface area contributed by atoms with E-state index in [2.05, 4.69) is 29.9 Å². The van der Waals surface area contributed by atoms with Gasteiger partial charge in [0.15, 0.2) is 23.1 Å². The Morgan fingerprint density at radius 2 is 1.30 bits per heavy atom. The number of aromatic nitrogens is 6. The zero-order valence-electron chi connectivity index (χ0n) is 23.5. The first-order valence-electron chi connectivity index (χ1n) is 14.1. The van der Waals surface area contributed by atoms with Crippen molar-refractivity contribution in [2.24, 2.45) is 0 Å². The third-order valence-corrected chi connectivity index (χ3v) is 7.06. The van der Waals surface area contributed by atoms with E-state index in [-0.39, 0.29) is 19.0 Å². The zero-order valence-corrected chi connectivity index (χ0v) is 23.5. The lowest BCUT2D eigenvalue weighted by molar-refractivity contribution is -0.117. The Kier molecular flexibility index (Phi) is 7.13. The molecule has 10 heteroatoms. The highest BCUT2D eigenvalue weighted by atomic mass is 16.7. The number of anilines is 1. The van der Waals surface area contributed by atoms with Gasteiger partial charge in [-0.3, -0.25) is 4.79 Å². The Balaban J connectivity index is 0.000000165. The van der Waals surface area contributed by atoms with Gasteiger partial charge in [0.2, 0.25) is 6.79 Å². The zero-order chi connectivity index (χ0) is 29.9. The van der Waals surface area contributed by atoms with E-state index >= 15 is 0 Å². The van der Waals surface area contributed by atoms with Gasteiger partial charge in [0.25, 0.3) is 0 Å². The third kappa shape index (κ3) is 5.82. The Morgan fingerprint density at radius 3 is 1.98 bits per heavy atom. The number of Topliss-reactive ketones (excluding diaryl/α,β-unsaturated/α-hetero) is 1. The molecule has 7 aromatic rings. The molecular formula is C34H27N7O3. The number of benzene rings is 3. The normalized spacial score (nSPS) is 11.8. The van der Waals surface area contributed by atoms with Crippen molar-refractivity contribution < 1.29 is 14.3 Å². The van der Waals surface area contributed by atoms with Crippen molar-refractivity contribution in [1.29, 1.82) is 0 Å². The molecule has 5 heterocycles. The van der Waals surface area contributed by atoms with Crippen molar-refractivity contribution in [3.63, 3.8) is 0 Å². The molecule has 1 aliphatic heterocycles. The van der Waals surface area contributed by atoms with Gasteiger partial charge >= 0.3 is 0 Å². The minimum atomic E-state index is 0.0909. The van der Waals surface area contributed by atoms with Gasteiger partial charge in [-0.1, -0.05) is 42.5 Å². The van der Waals surface area contributed by atoms with Crippen molar-refractivity contribution in [3.8, 4) is 34.5 Å². The average molecular weight is 582 g/mol. The summed E-state index contributed by atoms with van der Waals surface area (Å²) in [6.45, 7) is 0.227. The van der Waals surface area contributed by atoms with Gasteiger partial charge in [0.05, 0.1) is 22.1 Å². The molecule has 4 N–H and O–H groups in total. The molecule has 8 rings (SSSR count). The number of pyridine rings is 2. The van der Waals surface area contributed by atoms with Crippen LogP contribution in [0.5, 0.6) is 11.5 Å². The van der Waals surface area contributed by atoms with Crippen LogP contribution in [0, 0.1) is 0 Å². The van der Waals surface area contributed by atoms with Gasteiger partial charge in [-0.25, -0.2) is 19.9 Å². The minimum absolute atomic E-state index is 0.0909. The van der Waals surface area contributed by atoms with Crippen molar-refractivity contribution in [1.82, 2.24) is 29.9 Å². The number of aromatic amines is 2. The smallest absolute Gasteiger partial charge is 0.231 e. The summed E-state index contributed by atoms with van der Waals surface area (Å²) in [5.41, 5.74) is 12.5. The Hall–Kier alpha value is -6.03.